The highest BCUT2D eigenvalue weighted by atomic mass is 16.5. The molecule has 2 aliphatic rings. The molecule has 11 N–H and O–H groups in total. The third-order valence-corrected chi connectivity index (χ3v) is 8.39. The van der Waals surface area contributed by atoms with Crippen LogP contribution in [0.3, 0.4) is 0 Å². The first-order valence-corrected chi connectivity index (χ1v) is 16.5. The van der Waals surface area contributed by atoms with Crippen LogP contribution in [-0.2, 0) is 47.9 Å². The number of rotatable bonds is 8. The summed E-state index contributed by atoms with van der Waals surface area (Å²) in [7, 11) is 0. The van der Waals surface area contributed by atoms with Crippen LogP contribution in [0.2, 0.25) is 0 Å². The molecule has 284 valence electrons. The van der Waals surface area contributed by atoms with Gasteiger partial charge in [0.25, 0.3) is 0 Å². The van der Waals surface area contributed by atoms with Crippen molar-refractivity contribution in [2.75, 3.05) is 39.3 Å². The average Bonchev–Trinajstić information content (AvgIpc) is 3.57. The lowest BCUT2D eigenvalue weighted by Gasteiger charge is -2.31. The highest BCUT2D eigenvalue weighted by Crippen LogP contribution is 2.20. The molecule has 2 aliphatic heterocycles. The molecule has 0 radical (unpaired) electrons. The Morgan fingerprint density at radius 2 is 1.27 bits per heavy atom. The zero-order chi connectivity index (χ0) is 38.2. The van der Waals surface area contributed by atoms with E-state index in [4.69, 9.17) is 16.2 Å². The Morgan fingerprint density at radius 1 is 0.745 bits per heavy atom. The van der Waals surface area contributed by atoms with E-state index in [0.29, 0.717) is 12.8 Å². The van der Waals surface area contributed by atoms with Gasteiger partial charge in [-0.15, -0.1) is 0 Å². The molecule has 0 aromatic heterocycles. The summed E-state index contributed by atoms with van der Waals surface area (Å²) in [5, 5.41) is 16.8. The zero-order valence-corrected chi connectivity index (χ0v) is 28.8. The summed E-state index contributed by atoms with van der Waals surface area (Å²) in [5.74, 6) is -8.30. The zero-order valence-electron chi connectivity index (χ0n) is 28.8. The van der Waals surface area contributed by atoms with E-state index in [0.717, 1.165) is 4.90 Å². The molecule has 0 aliphatic carbocycles. The highest BCUT2D eigenvalue weighted by molar-refractivity contribution is 5.98. The van der Waals surface area contributed by atoms with Crippen molar-refractivity contribution in [1.29, 1.82) is 0 Å². The van der Waals surface area contributed by atoms with Crippen molar-refractivity contribution in [3.63, 3.8) is 0 Å². The van der Waals surface area contributed by atoms with Crippen LogP contribution in [-0.4, -0.2) is 128 Å². The van der Waals surface area contributed by atoms with E-state index in [1.807, 2.05) is 0 Å². The number of nitrogens with zero attached hydrogens (tertiary/aromatic N) is 1. The summed E-state index contributed by atoms with van der Waals surface area (Å²) in [5.41, 5.74) is 10.4. The van der Waals surface area contributed by atoms with Gasteiger partial charge in [-0.2, -0.15) is 0 Å². The summed E-state index contributed by atoms with van der Waals surface area (Å²) in [6.45, 7) is 2.47. The van der Waals surface area contributed by atoms with Gasteiger partial charge in [0, 0.05) is 6.54 Å². The van der Waals surface area contributed by atoms with Crippen LogP contribution in [0.25, 0.3) is 0 Å². The molecule has 21 nitrogen and oxygen atoms in total. The molecule has 0 saturated carbocycles. The minimum atomic E-state index is -1.51. The number of ether oxygens (including phenoxy) is 1. The molecular formula is C30H48N10O11. The summed E-state index contributed by atoms with van der Waals surface area (Å²) in [4.78, 5) is 128. The second-order valence-electron chi connectivity index (χ2n) is 12.3. The number of amides is 10. The lowest BCUT2D eigenvalue weighted by Crippen LogP contribution is -2.59. The number of fused-ring (bicyclic) bond motifs is 1. The predicted molar refractivity (Wildman–Crippen MR) is 175 cm³/mol. The van der Waals surface area contributed by atoms with Gasteiger partial charge in [-0.25, -0.2) is 4.79 Å². The van der Waals surface area contributed by atoms with Crippen LogP contribution in [0, 0.1) is 11.8 Å². The van der Waals surface area contributed by atoms with Crippen LogP contribution in [0.15, 0.2) is 0 Å². The van der Waals surface area contributed by atoms with Crippen LogP contribution in [0.4, 0.5) is 4.79 Å². The lowest BCUT2D eigenvalue weighted by atomic mass is 9.97. The summed E-state index contributed by atoms with van der Waals surface area (Å²) < 4.78 is 4.76. The molecule has 10 amide bonds. The van der Waals surface area contributed by atoms with Gasteiger partial charge in [-0.1, -0.05) is 27.2 Å². The molecule has 0 bridgehead atoms. The summed E-state index contributed by atoms with van der Waals surface area (Å²) in [6.07, 6.45) is -0.667. The molecular weight excluding hydrogens is 676 g/mol. The number of carbonyl (C=O) groups is 10. The molecule has 0 spiro atoms. The van der Waals surface area contributed by atoms with Gasteiger partial charge in [0.05, 0.1) is 39.2 Å². The molecule has 0 aromatic carbocycles. The van der Waals surface area contributed by atoms with Crippen molar-refractivity contribution in [3.8, 4) is 0 Å². The monoisotopic (exact) mass is 724 g/mol. The van der Waals surface area contributed by atoms with Crippen molar-refractivity contribution < 1.29 is 52.7 Å². The maximum absolute atomic E-state index is 13.6. The van der Waals surface area contributed by atoms with E-state index >= 15 is 0 Å². The SMILES string of the molecule is CC[C@H](C)C1NC(=O)CNC(=O)CNC(=O)C(C(C)CCOC(N)=O)NC(=O)C2CCCN2C(=O)C(CC(N)=O)NC(=O)CNC(=O)CNC1=O. The normalized spacial score (nSPS) is 24.9. The minimum absolute atomic E-state index is 0.0508. The molecule has 2 saturated heterocycles. The summed E-state index contributed by atoms with van der Waals surface area (Å²) in [6, 6.07) is -5.05. The smallest absolute Gasteiger partial charge is 0.404 e. The molecule has 51 heavy (non-hydrogen) atoms. The molecule has 2 heterocycles. The molecule has 2 rings (SSSR count). The fourth-order valence-electron chi connectivity index (χ4n) is 5.34. The molecule has 2 fully saturated rings. The van der Waals surface area contributed by atoms with Crippen LogP contribution < -0.4 is 48.7 Å². The van der Waals surface area contributed by atoms with Crippen LogP contribution in [0.5, 0.6) is 0 Å². The molecule has 21 heteroatoms. The second-order valence-corrected chi connectivity index (χ2v) is 12.3. The first-order valence-electron chi connectivity index (χ1n) is 16.5. The Labute approximate surface area is 293 Å². The predicted octanol–water partition coefficient (Wildman–Crippen LogP) is -5.05. The average molecular weight is 725 g/mol. The molecule has 0 aromatic rings. The van der Waals surface area contributed by atoms with Crippen molar-refractivity contribution in [2.24, 2.45) is 23.3 Å². The van der Waals surface area contributed by atoms with Gasteiger partial charge in [0.2, 0.25) is 53.2 Å². The minimum Gasteiger partial charge on any atom is -0.450 e. The van der Waals surface area contributed by atoms with Gasteiger partial charge in [-0.3, -0.25) is 43.2 Å². The number of hydrogen-bond acceptors (Lipinski definition) is 11. The number of primary amides is 2. The Kier molecular flexibility index (Phi) is 16.5. The van der Waals surface area contributed by atoms with E-state index in [-0.39, 0.29) is 26.0 Å². The standard InChI is InChI=1S/C30H48N10O11/c1-4-15(2)24-27(47)35-11-20(42)33-13-22(44)37-17(10-19(31)41)29(49)40-8-5-6-18(40)26(46)39-25(16(3)7-9-51-30(32)50)28(48)36-12-21(43)34-14-23(45)38-24/h15-18,24-25H,4-14H2,1-3H3,(H2,31,41)(H2,32,50)(H,33,42)(H,34,43)(H,35,47)(H,36,48)(H,37,44)(H,38,45)(H,39,46)/t15-,16?,17?,18?,24?,25?/m0/s1. The van der Waals surface area contributed by atoms with E-state index in [9.17, 15) is 47.9 Å². The Morgan fingerprint density at radius 3 is 1.80 bits per heavy atom. The van der Waals surface area contributed by atoms with Crippen LogP contribution >= 0.6 is 0 Å². The Bertz CT molecular complexity index is 1360. The number of hydrogen-bond donors (Lipinski definition) is 9. The van der Waals surface area contributed by atoms with E-state index in [1.54, 1.807) is 20.8 Å². The van der Waals surface area contributed by atoms with Crippen molar-refractivity contribution in [2.45, 2.75) is 77.0 Å². The largest absolute Gasteiger partial charge is 0.450 e. The van der Waals surface area contributed by atoms with Crippen molar-refractivity contribution in [3.05, 3.63) is 0 Å². The van der Waals surface area contributed by atoms with Gasteiger partial charge in [-0.05, 0) is 31.1 Å². The maximum atomic E-state index is 13.6. The van der Waals surface area contributed by atoms with Crippen LogP contribution in [0.1, 0.15) is 52.9 Å². The quantitative estimate of drug-likeness (QED) is 0.114. The highest BCUT2D eigenvalue weighted by Gasteiger charge is 2.40. The van der Waals surface area contributed by atoms with Crippen molar-refractivity contribution >= 4 is 59.3 Å². The van der Waals surface area contributed by atoms with Gasteiger partial charge in [0.1, 0.15) is 24.2 Å². The third kappa shape index (κ3) is 13.7. The van der Waals surface area contributed by atoms with E-state index in [2.05, 4.69) is 37.2 Å². The lowest BCUT2D eigenvalue weighted by molar-refractivity contribution is -0.143. The Balaban J connectivity index is 2.38. The molecule has 5 unspecified atom stereocenters. The Hall–Kier alpha value is -5.50. The summed E-state index contributed by atoms with van der Waals surface area (Å²) >= 11 is 0. The first-order chi connectivity index (χ1) is 24.0. The van der Waals surface area contributed by atoms with Crippen molar-refractivity contribution in [1.82, 2.24) is 42.1 Å². The fourth-order valence-corrected chi connectivity index (χ4v) is 5.34. The number of carbonyl (C=O) groups excluding carboxylic acids is 10. The first kappa shape index (κ1) is 41.7. The van der Waals surface area contributed by atoms with Gasteiger partial charge >= 0.3 is 6.09 Å². The maximum Gasteiger partial charge on any atom is 0.404 e. The number of nitrogens with two attached hydrogens (primary N) is 2. The van der Waals surface area contributed by atoms with Gasteiger partial charge < -0.3 is 58.3 Å². The van der Waals surface area contributed by atoms with E-state index < -0.39 is 128 Å². The number of nitrogens with one attached hydrogen (secondary N) is 7. The van der Waals surface area contributed by atoms with E-state index in [1.165, 1.54) is 0 Å². The molecule has 6 atom stereocenters. The van der Waals surface area contributed by atoms with Gasteiger partial charge in [0.15, 0.2) is 0 Å². The topological polar surface area (TPSA) is 319 Å². The fraction of sp³-hybridized carbons (Fsp3) is 0.667. The third-order valence-electron chi connectivity index (χ3n) is 8.39. The second kappa shape index (κ2) is 20.2.